The summed E-state index contributed by atoms with van der Waals surface area (Å²) in [6.07, 6.45) is 0. The van der Waals surface area contributed by atoms with Crippen molar-refractivity contribution in [1.82, 2.24) is 15.5 Å². The van der Waals surface area contributed by atoms with E-state index in [0.29, 0.717) is 24.7 Å². The van der Waals surface area contributed by atoms with Crippen LogP contribution in [0.4, 0.5) is 5.69 Å². The van der Waals surface area contributed by atoms with Gasteiger partial charge in [0.2, 0.25) is 5.69 Å². The number of methoxy groups -OCH3 is 1. The minimum absolute atomic E-state index is 0.143. The first kappa shape index (κ1) is 19.0. The fraction of sp³-hybridized carbons (Fsp3) is 0.375. The van der Waals surface area contributed by atoms with Crippen LogP contribution >= 0.6 is 0 Å². The lowest BCUT2D eigenvalue weighted by molar-refractivity contribution is -0.386. The Bertz CT molecular complexity index is 789. The van der Waals surface area contributed by atoms with Gasteiger partial charge in [0.05, 0.1) is 25.2 Å². The highest BCUT2D eigenvalue weighted by molar-refractivity contribution is 5.97. The third-order valence-electron chi connectivity index (χ3n) is 3.37. The highest BCUT2D eigenvalue weighted by Crippen LogP contribution is 2.29. The Kier molecular flexibility index (Phi) is 6.36. The van der Waals surface area contributed by atoms with Crippen LogP contribution in [0.15, 0.2) is 18.2 Å². The summed E-state index contributed by atoms with van der Waals surface area (Å²) >= 11 is 0. The van der Waals surface area contributed by atoms with Gasteiger partial charge >= 0.3 is 11.6 Å². The third-order valence-corrected chi connectivity index (χ3v) is 3.37. The lowest BCUT2D eigenvalue weighted by atomic mass is 10.2. The Balaban J connectivity index is 2.13. The summed E-state index contributed by atoms with van der Waals surface area (Å²) in [6.45, 7) is 4.84. The maximum Gasteiger partial charge on any atom is 0.362 e. The molecule has 0 aliphatic carbocycles. The van der Waals surface area contributed by atoms with E-state index in [1.165, 1.54) is 7.11 Å². The van der Waals surface area contributed by atoms with Gasteiger partial charge in [-0.05, 0) is 31.5 Å². The first-order chi connectivity index (χ1) is 12.5. The highest BCUT2D eigenvalue weighted by Gasteiger charge is 2.29. The van der Waals surface area contributed by atoms with Crippen LogP contribution in [-0.4, -0.2) is 41.4 Å². The van der Waals surface area contributed by atoms with Crippen LogP contribution in [-0.2, 0) is 6.54 Å². The Morgan fingerprint density at radius 3 is 2.58 bits per heavy atom. The number of aromatic nitrogens is 2. The number of ether oxygens (including phenoxy) is 3. The molecule has 10 nitrogen and oxygen atoms in total. The molecule has 0 saturated heterocycles. The van der Waals surface area contributed by atoms with Crippen molar-refractivity contribution in [3.05, 3.63) is 39.6 Å². The molecule has 0 spiro atoms. The molecule has 140 valence electrons. The maximum absolute atomic E-state index is 12.3. The van der Waals surface area contributed by atoms with Gasteiger partial charge in [-0.15, -0.1) is 5.10 Å². The largest absolute Gasteiger partial charge is 0.490 e. The van der Waals surface area contributed by atoms with E-state index in [-0.39, 0.29) is 18.1 Å². The van der Waals surface area contributed by atoms with Crippen molar-refractivity contribution in [3.63, 3.8) is 0 Å². The van der Waals surface area contributed by atoms with Crippen molar-refractivity contribution in [2.24, 2.45) is 0 Å². The number of aromatic amines is 1. The molecule has 0 fully saturated rings. The van der Waals surface area contributed by atoms with Crippen LogP contribution in [0.2, 0.25) is 0 Å². The number of rotatable bonds is 9. The van der Waals surface area contributed by atoms with E-state index in [1.807, 2.05) is 13.8 Å². The molecular weight excluding hydrogens is 344 g/mol. The van der Waals surface area contributed by atoms with Gasteiger partial charge in [-0.2, -0.15) is 0 Å². The van der Waals surface area contributed by atoms with Gasteiger partial charge in [0.25, 0.3) is 5.91 Å². The monoisotopic (exact) mass is 364 g/mol. The summed E-state index contributed by atoms with van der Waals surface area (Å²) in [5.41, 5.74) is -0.0334. The number of nitrogens with one attached hydrogen (secondary N) is 2. The molecule has 26 heavy (non-hydrogen) atoms. The van der Waals surface area contributed by atoms with Crippen molar-refractivity contribution in [2.75, 3.05) is 20.3 Å². The SMILES string of the molecule is CCOc1ccc(CNC(=O)c2[nH]nc(OC)c2[N+](=O)[O-])cc1OCC. The smallest absolute Gasteiger partial charge is 0.362 e. The van der Waals surface area contributed by atoms with Crippen LogP contribution < -0.4 is 19.5 Å². The number of carbonyl (C=O) groups is 1. The summed E-state index contributed by atoms with van der Waals surface area (Å²) in [4.78, 5) is 22.6. The van der Waals surface area contributed by atoms with E-state index in [0.717, 1.165) is 5.56 Å². The molecule has 1 heterocycles. The molecule has 0 aliphatic heterocycles. The second-order valence-corrected chi connectivity index (χ2v) is 5.04. The Morgan fingerprint density at radius 2 is 1.96 bits per heavy atom. The Morgan fingerprint density at radius 1 is 1.27 bits per heavy atom. The van der Waals surface area contributed by atoms with Gasteiger partial charge < -0.3 is 19.5 Å². The topological polar surface area (TPSA) is 129 Å². The van der Waals surface area contributed by atoms with Gasteiger partial charge in [-0.25, -0.2) is 0 Å². The number of amides is 1. The highest BCUT2D eigenvalue weighted by atomic mass is 16.6. The first-order valence-electron chi connectivity index (χ1n) is 7.95. The number of benzene rings is 1. The predicted octanol–water partition coefficient (Wildman–Crippen LogP) is 2.05. The number of hydrogen-bond donors (Lipinski definition) is 2. The van der Waals surface area contributed by atoms with Crippen molar-refractivity contribution >= 4 is 11.6 Å². The molecule has 0 unspecified atom stereocenters. The third kappa shape index (κ3) is 4.21. The molecule has 10 heteroatoms. The zero-order valence-corrected chi connectivity index (χ0v) is 14.7. The van der Waals surface area contributed by atoms with Gasteiger partial charge in [0.1, 0.15) is 0 Å². The van der Waals surface area contributed by atoms with E-state index in [2.05, 4.69) is 15.5 Å². The minimum Gasteiger partial charge on any atom is -0.490 e. The van der Waals surface area contributed by atoms with E-state index in [9.17, 15) is 14.9 Å². The lowest BCUT2D eigenvalue weighted by Crippen LogP contribution is -2.24. The number of H-pyrrole nitrogens is 1. The number of nitro groups is 1. The molecule has 0 aliphatic rings. The van der Waals surface area contributed by atoms with Crippen molar-refractivity contribution in [1.29, 1.82) is 0 Å². The molecule has 2 aromatic rings. The molecule has 0 atom stereocenters. The van der Waals surface area contributed by atoms with E-state index >= 15 is 0 Å². The van der Waals surface area contributed by atoms with Gasteiger partial charge in [-0.1, -0.05) is 6.07 Å². The normalized spacial score (nSPS) is 10.3. The summed E-state index contributed by atoms with van der Waals surface area (Å²) in [5, 5.41) is 19.7. The van der Waals surface area contributed by atoms with E-state index in [4.69, 9.17) is 14.2 Å². The molecular formula is C16H20N4O6. The zero-order chi connectivity index (χ0) is 19.1. The molecule has 1 amide bonds. The maximum atomic E-state index is 12.3. The number of carbonyl (C=O) groups excluding carboxylic acids is 1. The number of nitrogens with zero attached hydrogens (tertiary/aromatic N) is 2. The standard InChI is InChI=1S/C16H20N4O6/c1-4-25-11-7-6-10(8-12(11)26-5-2)9-17-15(21)13-14(20(22)23)16(24-3)19-18-13/h6-8H,4-5,9H2,1-3H3,(H,17,21)(H,18,19). The fourth-order valence-electron chi connectivity index (χ4n) is 2.27. The van der Waals surface area contributed by atoms with Gasteiger partial charge in [0, 0.05) is 6.54 Å². The summed E-state index contributed by atoms with van der Waals surface area (Å²) in [6, 6.07) is 5.27. The quantitative estimate of drug-likeness (QED) is 0.514. The van der Waals surface area contributed by atoms with Gasteiger partial charge in [0.15, 0.2) is 11.5 Å². The molecule has 1 aromatic carbocycles. The molecule has 0 bridgehead atoms. The molecule has 0 saturated carbocycles. The van der Waals surface area contributed by atoms with Crippen LogP contribution in [0.5, 0.6) is 17.4 Å². The summed E-state index contributed by atoms with van der Waals surface area (Å²) in [7, 11) is 1.24. The second kappa shape index (κ2) is 8.70. The van der Waals surface area contributed by atoms with E-state index < -0.39 is 16.5 Å². The molecule has 2 N–H and O–H groups in total. The van der Waals surface area contributed by atoms with Crippen LogP contribution in [0.3, 0.4) is 0 Å². The molecule has 2 rings (SSSR count). The lowest BCUT2D eigenvalue weighted by Gasteiger charge is -2.12. The average Bonchev–Trinajstić information content (AvgIpc) is 3.06. The Hall–Kier alpha value is -3.30. The van der Waals surface area contributed by atoms with Crippen molar-refractivity contribution < 1.29 is 23.9 Å². The van der Waals surface area contributed by atoms with Crippen molar-refractivity contribution in [2.45, 2.75) is 20.4 Å². The fourth-order valence-corrected chi connectivity index (χ4v) is 2.27. The second-order valence-electron chi connectivity index (χ2n) is 5.04. The van der Waals surface area contributed by atoms with E-state index in [1.54, 1.807) is 18.2 Å². The van der Waals surface area contributed by atoms with Crippen LogP contribution in [0, 0.1) is 10.1 Å². The predicted molar refractivity (Wildman–Crippen MR) is 91.7 cm³/mol. The number of hydrogen-bond acceptors (Lipinski definition) is 7. The molecule has 0 radical (unpaired) electrons. The Labute approximate surface area is 149 Å². The summed E-state index contributed by atoms with van der Waals surface area (Å²) < 4.78 is 15.8. The summed E-state index contributed by atoms with van der Waals surface area (Å²) in [5.74, 6) is 0.257. The van der Waals surface area contributed by atoms with Crippen LogP contribution in [0.25, 0.3) is 0 Å². The van der Waals surface area contributed by atoms with Gasteiger partial charge in [-0.3, -0.25) is 20.0 Å². The zero-order valence-electron chi connectivity index (χ0n) is 14.7. The van der Waals surface area contributed by atoms with Crippen LogP contribution in [0.1, 0.15) is 29.9 Å². The average molecular weight is 364 g/mol. The first-order valence-corrected chi connectivity index (χ1v) is 7.95. The minimum atomic E-state index is -0.721. The van der Waals surface area contributed by atoms with Crippen molar-refractivity contribution in [3.8, 4) is 17.4 Å². The molecule has 1 aromatic heterocycles.